The molecule has 0 aliphatic carbocycles. The molecule has 0 bridgehead atoms. The van der Waals surface area contributed by atoms with Crippen molar-refractivity contribution in [3.63, 3.8) is 0 Å². The number of para-hydroxylation sites is 1. The number of rotatable bonds is 7. The average molecular weight is 439 g/mol. The van der Waals surface area contributed by atoms with Gasteiger partial charge in [-0.15, -0.1) is 0 Å². The molecule has 0 amide bonds. The first-order valence-corrected chi connectivity index (χ1v) is 10.6. The highest BCUT2D eigenvalue weighted by Gasteiger charge is 2.17. The van der Waals surface area contributed by atoms with Gasteiger partial charge in [0, 0.05) is 42.0 Å². The Labute approximate surface area is 180 Å². The lowest BCUT2D eigenvalue weighted by Gasteiger charge is -2.15. The topological polar surface area (TPSA) is 117 Å². The molecule has 1 unspecified atom stereocenters. The largest absolute Gasteiger partial charge is 0.457 e. The minimum atomic E-state index is -2.14. The second kappa shape index (κ2) is 8.86. The quantitative estimate of drug-likeness (QED) is 0.330. The summed E-state index contributed by atoms with van der Waals surface area (Å²) in [6, 6.07) is 16.5. The van der Waals surface area contributed by atoms with Crippen molar-refractivity contribution < 1.29 is 18.6 Å². The van der Waals surface area contributed by atoms with Gasteiger partial charge in [-0.2, -0.15) is 0 Å². The van der Waals surface area contributed by atoms with Crippen molar-refractivity contribution in [1.29, 1.82) is 0 Å². The summed E-state index contributed by atoms with van der Waals surface area (Å²) in [5.74, 6) is 1.21. The molecule has 0 fully saturated rings. The van der Waals surface area contributed by atoms with Gasteiger partial charge in [0.1, 0.15) is 17.0 Å². The molecule has 4 rings (SSSR count). The predicted molar refractivity (Wildman–Crippen MR) is 119 cm³/mol. The molecule has 9 heteroatoms. The van der Waals surface area contributed by atoms with Gasteiger partial charge in [0.15, 0.2) is 0 Å². The van der Waals surface area contributed by atoms with E-state index in [1.165, 1.54) is 4.57 Å². The number of aliphatic hydroxyl groups is 1. The second-order valence-electron chi connectivity index (χ2n) is 7.02. The van der Waals surface area contributed by atoms with Gasteiger partial charge in [0.25, 0.3) is 5.56 Å². The Bertz CT molecular complexity index is 1310. The second-order valence-corrected chi connectivity index (χ2v) is 7.80. The van der Waals surface area contributed by atoms with Crippen molar-refractivity contribution in [2.24, 2.45) is 7.05 Å². The highest BCUT2D eigenvalue weighted by atomic mass is 32.2. The monoisotopic (exact) mass is 439 g/mol. The van der Waals surface area contributed by atoms with E-state index in [2.05, 4.69) is 9.71 Å². The number of nitrogens with one attached hydrogen (secondary N) is 2. The number of benzene rings is 2. The molecule has 8 nitrogen and oxygen atoms in total. The van der Waals surface area contributed by atoms with Gasteiger partial charge in [-0.25, -0.2) is 8.93 Å². The first-order valence-electron chi connectivity index (χ1n) is 9.49. The smallest absolute Gasteiger partial charge is 0.274 e. The lowest BCUT2D eigenvalue weighted by molar-refractivity contribution is 0.278. The SMILES string of the molecule is Cn1cc(-c2cc(CNS(=O)O)ccc2Oc2ccccc2)c2cc(CO)[nH]c2c1=O. The zero-order chi connectivity index (χ0) is 22.0. The lowest BCUT2D eigenvalue weighted by Crippen LogP contribution is -2.17. The fraction of sp³-hybridized carbons (Fsp3) is 0.136. The van der Waals surface area contributed by atoms with Crippen LogP contribution in [0.15, 0.2) is 65.6 Å². The van der Waals surface area contributed by atoms with Crippen LogP contribution in [0.25, 0.3) is 22.0 Å². The number of hydrogen-bond donors (Lipinski definition) is 4. The Kier molecular flexibility index (Phi) is 6.01. The average Bonchev–Trinajstić information content (AvgIpc) is 3.21. The van der Waals surface area contributed by atoms with E-state index in [1.54, 1.807) is 31.4 Å². The summed E-state index contributed by atoms with van der Waals surface area (Å²) in [5.41, 5.74) is 2.89. The molecule has 160 valence electrons. The molecule has 31 heavy (non-hydrogen) atoms. The summed E-state index contributed by atoms with van der Waals surface area (Å²) in [6.07, 6.45) is 1.72. The van der Waals surface area contributed by atoms with E-state index in [1.807, 2.05) is 36.4 Å². The van der Waals surface area contributed by atoms with Gasteiger partial charge < -0.3 is 19.4 Å². The molecule has 2 aromatic heterocycles. The van der Waals surface area contributed by atoms with E-state index >= 15 is 0 Å². The van der Waals surface area contributed by atoms with E-state index in [9.17, 15) is 14.1 Å². The van der Waals surface area contributed by atoms with Crippen LogP contribution < -0.4 is 15.0 Å². The highest BCUT2D eigenvalue weighted by Crippen LogP contribution is 2.37. The summed E-state index contributed by atoms with van der Waals surface area (Å²) in [5, 5.41) is 10.2. The van der Waals surface area contributed by atoms with Crippen LogP contribution in [0, 0.1) is 0 Å². The molecule has 0 aliphatic rings. The van der Waals surface area contributed by atoms with Gasteiger partial charge in [-0.05, 0) is 35.9 Å². The lowest BCUT2D eigenvalue weighted by atomic mass is 10.00. The molecule has 0 aliphatic heterocycles. The minimum absolute atomic E-state index is 0.172. The van der Waals surface area contributed by atoms with Crippen LogP contribution in [-0.4, -0.2) is 23.4 Å². The van der Waals surface area contributed by atoms with Crippen molar-refractivity contribution >= 4 is 22.2 Å². The van der Waals surface area contributed by atoms with Gasteiger partial charge >= 0.3 is 0 Å². The molecule has 0 radical (unpaired) electrons. The molecular weight excluding hydrogens is 418 g/mol. The van der Waals surface area contributed by atoms with Crippen molar-refractivity contribution in [2.75, 3.05) is 0 Å². The number of nitrogens with zero attached hydrogens (tertiary/aromatic N) is 1. The Morgan fingerprint density at radius 1 is 1.13 bits per heavy atom. The van der Waals surface area contributed by atoms with Crippen molar-refractivity contribution in [1.82, 2.24) is 14.3 Å². The molecule has 2 heterocycles. The van der Waals surface area contributed by atoms with Crippen molar-refractivity contribution in [3.8, 4) is 22.6 Å². The number of hydrogen-bond acceptors (Lipinski definition) is 4. The van der Waals surface area contributed by atoms with Crippen LogP contribution in [0.1, 0.15) is 11.3 Å². The van der Waals surface area contributed by atoms with Crippen LogP contribution in [0.3, 0.4) is 0 Å². The van der Waals surface area contributed by atoms with Gasteiger partial charge in [0.2, 0.25) is 11.3 Å². The summed E-state index contributed by atoms with van der Waals surface area (Å²) in [7, 11) is 1.66. The highest BCUT2D eigenvalue weighted by molar-refractivity contribution is 7.77. The van der Waals surface area contributed by atoms with E-state index in [0.29, 0.717) is 33.7 Å². The van der Waals surface area contributed by atoms with Crippen LogP contribution >= 0.6 is 0 Å². The molecule has 0 saturated heterocycles. The maximum Gasteiger partial charge on any atom is 0.274 e. The van der Waals surface area contributed by atoms with E-state index < -0.39 is 11.3 Å². The van der Waals surface area contributed by atoms with Crippen molar-refractivity contribution in [3.05, 3.63) is 82.4 Å². The Hall–Kier alpha value is -3.24. The number of pyridine rings is 1. The zero-order valence-electron chi connectivity index (χ0n) is 16.7. The van der Waals surface area contributed by atoms with Crippen LogP contribution in [0.5, 0.6) is 11.5 Å². The number of aryl methyl sites for hydroxylation is 1. The number of aromatic amines is 1. The maximum atomic E-state index is 12.6. The van der Waals surface area contributed by atoms with E-state index in [-0.39, 0.29) is 18.7 Å². The molecule has 1 atom stereocenters. The predicted octanol–water partition coefficient (Wildman–Crippen LogP) is 3.04. The number of fused-ring (bicyclic) bond motifs is 1. The maximum absolute atomic E-state index is 12.6. The zero-order valence-corrected chi connectivity index (χ0v) is 17.5. The summed E-state index contributed by atoms with van der Waals surface area (Å²) in [6.45, 7) is -0.0530. The molecule has 2 aromatic carbocycles. The third-order valence-corrected chi connectivity index (χ3v) is 5.29. The van der Waals surface area contributed by atoms with Gasteiger partial charge in [-0.1, -0.05) is 24.3 Å². The van der Waals surface area contributed by atoms with Gasteiger partial charge in [-0.3, -0.25) is 9.35 Å². The molecule has 0 spiro atoms. The number of aliphatic hydroxyl groups excluding tert-OH is 1. The molecular formula is C22H21N3O5S. The fourth-order valence-corrected chi connectivity index (χ4v) is 3.73. The summed E-state index contributed by atoms with van der Waals surface area (Å²) >= 11 is -2.14. The first kappa shape index (κ1) is 21.0. The fourth-order valence-electron chi connectivity index (χ4n) is 3.44. The number of ether oxygens (including phenoxy) is 1. The molecule has 0 saturated carbocycles. The summed E-state index contributed by atoms with van der Waals surface area (Å²) in [4.78, 5) is 15.6. The molecule has 4 aromatic rings. The minimum Gasteiger partial charge on any atom is -0.457 e. The number of H-pyrrole nitrogens is 1. The Morgan fingerprint density at radius 3 is 2.61 bits per heavy atom. The third kappa shape index (κ3) is 4.44. The summed E-state index contributed by atoms with van der Waals surface area (Å²) < 4.78 is 30.2. The van der Waals surface area contributed by atoms with Crippen LogP contribution in [0.2, 0.25) is 0 Å². The standard InChI is InChI=1S/C22H21N3O5S/c1-25-12-19(18-10-15(13-26)24-21(18)22(25)27)17-9-14(11-23-31(28)29)7-8-20(17)30-16-5-3-2-4-6-16/h2-10,12,23-24,26H,11,13H2,1H3,(H,28,29). The van der Waals surface area contributed by atoms with Crippen LogP contribution in [0.4, 0.5) is 0 Å². The van der Waals surface area contributed by atoms with Gasteiger partial charge in [0.05, 0.1) is 6.61 Å². The Morgan fingerprint density at radius 2 is 1.90 bits per heavy atom. The van der Waals surface area contributed by atoms with Crippen LogP contribution in [-0.2, 0) is 31.5 Å². The Balaban J connectivity index is 1.91. The van der Waals surface area contributed by atoms with E-state index in [0.717, 1.165) is 11.1 Å². The molecule has 4 N–H and O–H groups in total. The first-order chi connectivity index (χ1) is 15.0. The number of aromatic nitrogens is 2. The third-order valence-electron chi connectivity index (χ3n) is 4.90. The van der Waals surface area contributed by atoms with Crippen molar-refractivity contribution in [2.45, 2.75) is 13.2 Å². The van der Waals surface area contributed by atoms with E-state index in [4.69, 9.17) is 9.29 Å². The normalized spacial score (nSPS) is 12.2.